The molecule has 1 aliphatic heterocycles. The SMILES string of the molecule is C=C1CN(S(=O)(=O)c2ccc(C(F)(F)F)cc2)CCN1C(O)c1cnc(F)cc1C. The maximum atomic E-state index is 13.2. The van der Waals surface area contributed by atoms with Crippen LogP contribution in [0, 0.1) is 12.9 Å². The van der Waals surface area contributed by atoms with Crippen molar-refractivity contribution in [3.8, 4) is 0 Å². The first kappa shape index (κ1) is 22.2. The van der Waals surface area contributed by atoms with E-state index in [1.54, 1.807) is 6.92 Å². The molecule has 1 unspecified atom stereocenters. The van der Waals surface area contributed by atoms with Crippen molar-refractivity contribution in [3.05, 3.63) is 71.4 Å². The lowest BCUT2D eigenvalue weighted by atomic mass is 10.1. The predicted molar refractivity (Wildman–Crippen MR) is 99.9 cm³/mol. The van der Waals surface area contributed by atoms with Gasteiger partial charge in [-0.2, -0.15) is 21.9 Å². The van der Waals surface area contributed by atoms with E-state index in [0.717, 1.165) is 16.4 Å². The number of nitrogens with zero attached hydrogens (tertiary/aromatic N) is 3. The number of aliphatic hydroxyl groups excluding tert-OH is 1. The summed E-state index contributed by atoms with van der Waals surface area (Å²) in [6.45, 7) is 5.32. The van der Waals surface area contributed by atoms with E-state index in [-0.39, 0.29) is 30.2 Å². The van der Waals surface area contributed by atoms with Crippen LogP contribution in [0.5, 0.6) is 0 Å². The summed E-state index contributed by atoms with van der Waals surface area (Å²) in [7, 11) is -4.05. The molecule has 6 nitrogen and oxygen atoms in total. The second-order valence-corrected chi connectivity index (χ2v) is 8.80. The van der Waals surface area contributed by atoms with Gasteiger partial charge in [0.25, 0.3) is 0 Å². The Labute approximate surface area is 171 Å². The average Bonchev–Trinajstić information content (AvgIpc) is 2.67. The number of benzene rings is 1. The van der Waals surface area contributed by atoms with Crippen molar-refractivity contribution in [1.29, 1.82) is 0 Å². The van der Waals surface area contributed by atoms with Gasteiger partial charge < -0.3 is 10.0 Å². The Morgan fingerprint density at radius 2 is 1.83 bits per heavy atom. The monoisotopic (exact) mass is 445 g/mol. The molecule has 0 bridgehead atoms. The van der Waals surface area contributed by atoms with E-state index in [1.165, 1.54) is 17.2 Å². The Hall–Kier alpha value is -2.50. The largest absolute Gasteiger partial charge is 0.416 e. The van der Waals surface area contributed by atoms with Crippen molar-refractivity contribution in [2.75, 3.05) is 19.6 Å². The highest BCUT2D eigenvalue weighted by Gasteiger charge is 2.34. The zero-order chi connectivity index (χ0) is 22.3. The Morgan fingerprint density at radius 3 is 2.37 bits per heavy atom. The Bertz CT molecular complexity index is 1060. The molecule has 1 aromatic carbocycles. The molecule has 0 radical (unpaired) electrons. The van der Waals surface area contributed by atoms with Crippen molar-refractivity contribution in [1.82, 2.24) is 14.2 Å². The molecule has 162 valence electrons. The lowest BCUT2D eigenvalue weighted by Gasteiger charge is -2.40. The van der Waals surface area contributed by atoms with Gasteiger partial charge in [-0.15, -0.1) is 0 Å². The van der Waals surface area contributed by atoms with Gasteiger partial charge in [-0.3, -0.25) is 0 Å². The van der Waals surface area contributed by atoms with E-state index in [0.29, 0.717) is 23.3 Å². The van der Waals surface area contributed by atoms with Gasteiger partial charge in [-0.1, -0.05) is 6.58 Å². The predicted octanol–water partition coefficient (Wildman–Crippen LogP) is 3.06. The fourth-order valence-corrected chi connectivity index (χ4v) is 4.61. The molecular weight excluding hydrogens is 426 g/mol. The molecule has 2 aromatic rings. The van der Waals surface area contributed by atoms with E-state index in [2.05, 4.69) is 11.6 Å². The van der Waals surface area contributed by atoms with Gasteiger partial charge in [0.05, 0.1) is 17.0 Å². The van der Waals surface area contributed by atoms with Crippen LogP contribution in [0.25, 0.3) is 0 Å². The molecule has 11 heteroatoms. The van der Waals surface area contributed by atoms with E-state index in [4.69, 9.17) is 0 Å². The minimum absolute atomic E-state index is 0.0207. The number of hydrogen-bond acceptors (Lipinski definition) is 5. The van der Waals surface area contributed by atoms with Gasteiger partial charge in [-0.05, 0) is 42.8 Å². The molecule has 0 amide bonds. The second-order valence-electron chi connectivity index (χ2n) is 6.86. The number of piperazine rings is 1. The van der Waals surface area contributed by atoms with Crippen molar-refractivity contribution < 1.29 is 31.1 Å². The molecule has 1 N–H and O–H groups in total. The van der Waals surface area contributed by atoms with Gasteiger partial charge >= 0.3 is 6.18 Å². The maximum absolute atomic E-state index is 13.2. The number of aliphatic hydroxyl groups is 1. The molecule has 1 aliphatic rings. The summed E-state index contributed by atoms with van der Waals surface area (Å²) in [5.41, 5.74) is 0.175. The van der Waals surface area contributed by atoms with Gasteiger partial charge in [0.2, 0.25) is 16.0 Å². The Balaban J connectivity index is 1.76. The lowest BCUT2D eigenvalue weighted by Crippen LogP contribution is -2.48. The third kappa shape index (κ3) is 4.32. The number of aryl methyl sites for hydroxylation is 1. The molecule has 1 aromatic heterocycles. The van der Waals surface area contributed by atoms with E-state index < -0.39 is 33.9 Å². The minimum atomic E-state index is -4.56. The Morgan fingerprint density at radius 1 is 1.20 bits per heavy atom. The summed E-state index contributed by atoms with van der Waals surface area (Å²) >= 11 is 0. The first-order valence-corrected chi connectivity index (χ1v) is 10.3. The van der Waals surface area contributed by atoms with Crippen LogP contribution in [-0.4, -0.2) is 47.3 Å². The fourth-order valence-electron chi connectivity index (χ4n) is 3.19. The fraction of sp³-hybridized carbons (Fsp3) is 0.316. The van der Waals surface area contributed by atoms with Crippen molar-refractivity contribution in [3.63, 3.8) is 0 Å². The number of halogens is 4. The van der Waals surface area contributed by atoms with Gasteiger partial charge in [0.1, 0.15) is 0 Å². The van der Waals surface area contributed by atoms with Crippen LogP contribution in [-0.2, 0) is 16.2 Å². The molecular formula is C19H19F4N3O3S. The van der Waals surface area contributed by atoms with E-state index in [9.17, 15) is 31.1 Å². The van der Waals surface area contributed by atoms with Crippen molar-refractivity contribution >= 4 is 10.0 Å². The first-order chi connectivity index (χ1) is 13.9. The number of rotatable bonds is 4. The van der Waals surface area contributed by atoms with Crippen LogP contribution in [0.1, 0.15) is 22.9 Å². The molecule has 1 fully saturated rings. The number of hydrogen-bond donors (Lipinski definition) is 1. The lowest BCUT2D eigenvalue weighted by molar-refractivity contribution is -0.137. The quantitative estimate of drug-likeness (QED) is 0.579. The highest BCUT2D eigenvalue weighted by molar-refractivity contribution is 7.89. The number of sulfonamides is 1. The van der Waals surface area contributed by atoms with Gasteiger partial charge in [0.15, 0.2) is 6.23 Å². The summed E-state index contributed by atoms with van der Waals surface area (Å²) in [5.74, 6) is -0.685. The summed E-state index contributed by atoms with van der Waals surface area (Å²) in [6.07, 6.45) is -4.55. The van der Waals surface area contributed by atoms with Gasteiger partial charge in [0, 0.05) is 30.5 Å². The number of aromatic nitrogens is 1. The molecule has 30 heavy (non-hydrogen) atoms. The summed E-state index contributed by atoms with van der Waals surface area (Å²) in [5, 5.41) is 10.6. The molecule has 1 saturated heterocycles. The standard InChI is InChI=1S/C19H19F4N3O3S/c1-12-9-17(20)24-10-16(12)18(27)26-8-7-25(11-13(26)2)30(28,29)15-5-3-14(4-6-15)19(21,22)23/h3-6,9-10,18,27H,2,7-8,11H2,1H3. The molecule has 0 aliphatic carbocycles. The van der Waals surface area contributed by atoms with Crippen LogP contribution in [0.3, 0.4) is 0 Å². The highest BCUT2D eigenvalue weighted by atomic mass is 32.2. The topological polar surface area (TPSA) is 73.7 Å². The molecule has 2 heterocycles. The number of pyridine rings is 1. The van der Waals surface area contributed by atoms with E-state index in [1.807, 2.05) is 0 Å². The van der Waals surface area contributed by atoms with Crippen LogP contribution < -0.4 is 0 Å². The number of alkyl halides is 3. The first-order valence-electron chi connectivity index (χ1n) is 8.83. The van der Waals surface area contributed by atoms with Crippen LogP contribution in [0.4, 0.5) is 17.6 Å². The molecule has 0 spiro atoms. The van der Waals surface area contributed by atoms with Crippen molar-refractivity contribution in [2.45, 2.75) is 24.2 Å². The highest BCUT2D eigenvalue weighted by Crippen LogP contribution is 2.32. The third-order valence-corrected chi connectivity index (χ3v) is 6.73. The smallest absolute Gasteiger partial charge is 0.369 e. The molecule has 0 saturated carbocycles. The third-order valence-electron chi connectivity index (χ3n) is 4.87. The minimum Gasteiger partial charge on any atom is -0.369 e. The van der Waals surface area contributed by atoms with Crippen LogP contribution >= 0.6 is 0 Å². The van der Waals surface area contributed by atoms with Crippen molar-refractivity contribution in [2.24, 2.45) is 0 Å². The van der Waals surface area contributed by atoms with E-state index >= 15 is 0 Å². The van der Waals surface area contributed by atoms with Gasteiger partial charge in [-0.25, -0.2) is 13.4 Å². The summed E-state index contributed by atoms with van der Waals surface area (Å²) < 4.78 is 78.0. The molecule has 3 rings (SSSR count). The summed E-state index contributed by atoms with van der Waals surface area (Å²) in [4.78, 5) is 4.73. The maximum Gasteiger partial charge on any atom is 0.416 e. The average molecular weight is 445 g/mol. The zero-order valence-electron chi connectivity index (χ0n) is 15.9. The second kappa shape index (κ2) is 7.97. The normalized spacial score (nSPS) is 17.3. The Kier molecular flexibility index (Phi) is 5.89. The molecule has 1 atom stereocenters. The van der Waals surface area contributed by atoms with Crippen LogP contribution in [0.2, 0.25) is 0 Å². The summed E-state index contributed by atoms with van der Waals surface area (Å²) in [6, 6.07) is 4.43. The van der Waals surface area contributed by atoms with Crippen LogP contribution in [0.15, 0.2) is 53.7 Å². The zero-order valence-corrected chi connectivity index (χ0v) is 16.7.